The maximum atomic E-state index is 5.90. The number of rotatable bonds is 4. The van der Waals surface area contributed by atoms with Gasteiger partial charge in [0.2, 0.25) is 5.89 Å². The second kappa shape index (κ2) is 7.60. The third-order valence-electron chi connectivity index (χ3n) is 4.90. The maximum absolute atomic E-state index is 5.90. The molecule has 0 atom stereocenters. The van der Waals surface area contributed by atoms with Crippen molar-refractivity contribution in [2.75, 3.05) is 31.1 Å². The Bertz CT molecular complexity index is 887. The van der Waals surface area contributed by atoms with Gasteiger partial charge < -0.3 is 14.2 Å². The van der Waals surface area contributed by atoms with Gasteiger partial charge in [0, 0.05) is 10.2 Å². The van der Waals surface area contributed by atoms with E-state index in [4.69, 9.17) is 4.42 Å². The van der Waals surface area contributed by atoms with Crippen molar-refractivity contribution in [1.29, 1.82) is 0 Å². The van der Waals surface area contributed by atoms with Gasteiger partial charge in [0.25, 0.3) is 5.89 Å². The Morgan fingerprint density at radius 3 is 2.54 bits per heavy atom. The van der Waals surface area contributed by atoms with E-state index in [2.05, 4.69) is 62.2 Å². The van der Waals surface area contributed by atoms with Crippen molar-refractivity contribution in [3.8, 4) is 11.5 Å². The van der Waals surface area contributed by atoms with Gasteiger partial charge in [-0.1, -0.05) is 30.3 Å². The predicted octanol–water partition coefficient (Wildman–Crippen LogP) is 2.71. The highest BCUT2D eigenvalue weighted by Crippen LogP contribution is 2.26. The molecular weight excluding hydrogens is 392 g/mol. The molecule has 1 aliphatic heterocycles. The zero-order valence-corrected chi connectivity index (χ0v) is 16.4. The largest absolute Gasteiger partial charge is 0.415 e. The number of hydrogen-bond donors (Lipinski definition) is 1. The summed E-state index contributed by atoms with van der Waals surface area (Å²) in [4.78, 5) is 3.95. The van der Waals surface area contributed by atoms with Crippen molar-refractivity contribution in [1.82, 2.24) is 10.2 Å². The number of anilines is 1. The molecule has 0 radical (unpaired) electrons. The Labute approximate surface area is 161 Å². The van der Waals surface area contributed by atoms with Crippen LogP contribution in [0.1, 0.15) is 11.5 Å². The van der Waals surface area contributed by atoms with Gasteiger partial charge in [0.1, 0.15) is 0 Å². The van der Waals surface area contributed by atoms with Crippen LogP contribution in [0.4, 0.5) is 5.69 Å². The summed E-state index contributed by atoms with van der Waals surface area (Å²) in [6.07, 6.45) is 0. The van der Waals surface area contributed by atoms with E-state index in [0.717, 1.165) is 42.8 Å². The smallest absolute Gasteiger partial charge is 0.271 e. The van der Waals surface area contributed by atoms with E-state index in [-0.39, 0.29) is 0 Å². The summed E-state index contributed by atoms with van der Waals surface area (Å²) >= 11 is 3.54. The zero-order valence-electron chi connectivity index (χ0n) is 14.8. The average molecular weight is 414 g/mol. The summed E-state index contributed by atoms with van der Waals surface area (Å²) in [7, 11) is 0. The van der Waals surface area contributed by atoms with Crippen LogP contribution < -0.4 is 9.80 Å². The minimum absolute atomic E-state index is 0.574. The molecule has 0 saturated carbocycles. The standard InChI is InChI=1S/C20H21BrN4O/c1-15-6-2-5-9-18(15)25-12-10-24(11-13-25)14-19-22-23-20(26-19)16-7-3-4-8-17(16)21/h2-9H,10-14H2,1H3/p+1. The summed E-state index contributed by atoms with van der Waals surface area (Å²) in [5.74, 6) is 1.28. The van der Waals surface area contributed by atoms with Gasteiger partial charge in [0.05, 0.1) is 31.7 Å². The highest BCUT2D eigenvalue weighted by atomic mass is 79.9. The molecule has 5 nitrogen and oxygen atoms in total. The van der Waals surface area contributed by atoms with E-state index in [1.807, 2.05) is 24.3 Å². The quantitative estimate of drug-likeness (QED) is 0.714. The van der Waals surface area contributed by atoms with Crippen LogP contribution in [0.2, 0.25) is 0 Å². The number of nitrogens with zero attached hydrogens (tertiary/aromatic N) is 3. The van der Waals surface area contributed by atoms with Crippen LogP contribution in [0.3, 0.4) is 0 Å². The first-order chi connectivity index (χ1) is 12.7. The lowest BCUT2D eigenvalue weighted by Gasteiger charge is -2.33. The first-order valence-corrected chi connectivity index (χ1v) is 9.71. The van der Waals surface area contributed by atoms with Gasteiger partial charge in [0.15, 0.2) is 6.54 Å². The maximum Gasteiger partial charge on any atom is 0.271 e. The van der Waals surface area contributed by atoms with E-state index in [1.54, 1.807) is 0 Å². The molecule has 1 aromatic heterocycles. The molecule has 1 N–H and O–H groups in total. The van der Waals surface area contributed by atoms with Gasteiger partial charge in [-0.15, -0.1) is 10.2 Å². The fraction of sp³-hybridized carbons (Fsp3) is 0.300. The van der Waals surface area contributed by atoms with Crippen LogP contribution in [0.5, 0.6) is 0 Å². The monoisotopic (exact) mass is 413 g/mol. The molecular formula is C20H22BrN4O+. The number of nitrogens with one attached hydrogen (secondary N) is 1. The van der Waals surface area contributed by atoms with Crippen molar-refractivity contribution in [3.05, 3.63) is 64.5 Å². The van der Waals surface area contributed by atoms with E-state index >= 15 is 0 Å². The van der Waals surface area contributed by atoms with Crippen molar-refractivity contribution in [3.63, 3.8) is 0 Å². The van der Waals surface area contributed by atoms with E-state index < -0.39 is 0 Å². The average Bonchev–Trinajstić information content (AvgIpc) is 3.11. The number of hydrogen-bond acceptors (Lipinski definition) is 4. The lowest BCUT2D eigenvalue weighted by molar-refractivity contribution is -0.915. The summed E-state index contributed by atoms with van der Waals surface area (Å²) in [5, 5.41) is 8.46. The van der Waals surface area contributed by atoms with Gasteiger partial charge >= 0.3 is 0 Å². The summed E-state index contributed by atoms with van der Waals surface area (Å²) in [6.45, 7) is 7.19. The van der Waals surface area contributed by atoms with Crippen molar-refractivity contribution < 1.29 is 9.32 Å². The topological polar surface area (TPSA) is 46.6 Å². The highest BCUT2D eigenvalue weighted by molar-refractivity contribution is 9.10. The molecule has 0 unspecified atom stereocenters. The van der Waals surface area contributed by atoms with Crippen LogP contribution in [0.15, 0.2) is 57.4 Å². The first kappa shape index (κ1) is 17.2. The van der Waals surface area contributed by atoms with Crippen LogP contribution in [-0.4, -0.2) is 36.4 Å². The third-order valence-corrected chi connectivity index (χ3v) is 5.59. The molecule has 1 aliphatic rings. The molecule has 3 aromatic rings. The molecule has 1 saturated heterocycles. The van der Waals surface area contributed by atoms with Gasteiger partial charge in [-0.25, -0.2) is 0 Å². The number of piperazine rings is 1. The number of halogens is 1. The zero-order chi connectivity index (χ0) is 17.9. The normalized spacial score (nSPS) is 15.4. The first-order valence-electron chi connectivity index (χ1n) is 8.92. The van der Waals surface area contributed by atoms with Crippen LogP contribution in [0.25, 0.3) is 11.5 Å². The van der Waals surface area contributed by atoms with Crippen LogP contribution >= 0.6 is 15.9 Å². The lowest BCUT2D eigenvalue weighted by Crippen LogP contribution is -3.13. The molecule has 0 bridgehead atoms. The van der Waals surface area contributed by atoms with Crippen molar-refractivity contribution in [2.24, 2.45) is 0 Å². The third kappa shape index (κ3) is 3.66. The Balaban J connectivity index is 1.38. The molecule has 26 heavy (non-hydrogen) atoms. The Kier molecular flexibility index (Phi) is 5.04. The fourth-order valence-electron chi connectivity index (χ4n) is 3.44. The Morgan fingerprint density at radius 1 is 1.04 bits per heavy atom. The molecule has 2 aromatic carbocycles. The molecule has 0 spiro atoms. The minimum atomic E-state index is 0.574. The number of para-hydroxylation sites is 1. The molecule has 134 valence electrons. The number of aryl methyl sites for hydroxylation is 1. The number of quaternary nitrogens is 1. The number of aromatic nitrogens is 2. The van der Waals surface area contributed by atoms with Crippen LogP contribution in [-0.2, 0) is 6.54 Å². The lowest BCUT2D eigenvalue weighted by atomic mass is 10.1. The predicted molar refractivity (Wildman–Crippen MR) is 105 cm³/mol. The number of benzene rings is 2. The summed E-state index contributed by atoms with van der Waals surface area (Å²) in [5.41, 5.74) is 3.62. The molecule has 4 rings (SSSR count). The van der Waals surface area contributed by atoms with Gasteiger partial charge in [-0.3, -0.25) is 0 Å². The van der Waals surface area contributed by atoms with Crippen molar-refractivity contribution in [2.45, 2.75) is 13.5 Å². The molecule has 2 heterocycles. The molecule has 0 aliphatic carbocycles. The van der Waals surface area contributed by atoms with Gasteiger partial charge in [-0.05, 0) is 46.6 Å². The van der Waals surface area contributed by atoms with Gasteiger partial charge in [-0.2, -0.15) is 0 Å². The van der Waals surface area contributed by atoms with Crippen LogP contribution in [0, 0.1) is 6.92 Å². The van der Waals surface area contributed by atoms with E-state index in [9.17, 15) is 0 Å². The van der Waals surface area contributed by atoms with Crippen molar-refractivity contribution >= 4 is 21.6 Å². The second-order valence-corrected chi connectivity index (χ2v) is 7.54. The van der Waals surface area contributed by atoms with E-state index in [0.29, 0.717) is 11.8 Å². The summed E-state index contributed by atoms with van der Waals surface area (Å²) in [6, 6.07) is 16.5. The van der Waals surface area contributed by atoms with E-state index in [1.165, 1.54) is 16.2 Å². The Morgan fingerprint density at radius 2 is 1.77 bits per heavy atom. The summed E-state index contributed by atoms with van der Waals surface area (Å²) < 4.78 is 6.86. The molecule has 6 heteroatoms. The highest BCUT2D eigenvalue weighted by Gasteiger charge is 2.23. The second-order valence-electron chi connectivity index (χ2n) is 6.68. The fourth-order valence-corrected chi connectivity index (χ4v) is 3.90. The molecule has 0 amide bonds. The minimum Gasteiger partial charge on any atom is -0.415 e. The Hall–Kier alpha value is -2.18. The molecule has 1 fully saturated rings. The SMILES string of the molecule is Cc1ccccc1N1CC[NH+](Cc2nnc(-c3ccccc3Br)o2)CC1.